The Morgan fingerprint density at radius 3 is 3.20 bits per heavy atom. The Morgan fingerprint density at radius 1 is 1.60 bits per heavy atom. The molecule has 0 aromatic rings. The highest BCUT2D eigenvalue weighted by molar-refractivity contribution is 5.76. The topological polar surface area (TPSA) is 53.6 Å². The molecule has 2 amide bonds. The zero-order valence-electron chi connectivity index (χ0n) is 9.00. The van der Waals surface area contributed by atoms with E-state index in [1.54, 1.807) is 0 Å². The van der Waals surface area contributed by atoms with Crippen LogP contribution in [0.3, 0.4) is 0 Å². The molecule has 1 atom stereocenters. The zero-order valence-corrected chi connectivity index (χ0v) is 9.00. The molecule has 15 heavy (non-hydrogen) atoms. The van der Waals surface area contributed by atoms with E-state index in [9.17, 15) is 4.79 Å². The van der Waals surface area contributed by atoms with E-state index >= 15 is 0 Å². The van der Waals surface area contributed by atoms with Gasteiger partial charge in [0, 0.05) is 39.3 Å². The van der Waals surface area contributed by atoms with E-state index in [4.69, 9.17) is 4.74 Å². The van der Waals surface area contributed by atoms with Crippen LogP contribution < -0.4 is 10.6 Å². The van der Waals surface area contributed by atoms with Crippen LogP contribution in [0.5, 0.6) is 0 Å². The molecule has 2 heterocycles. The Balaban J connectivity index is 1.52. The van der Waals surface area contributed by atoms with Crippen molar-refractivity contribution in [3.05, 3.63) is 0 Å². The number of nitrogens with zero attached hydrogens (tertiary/aromatic N) is 1. The van der Waals surface area contributed by atoms with Crippen molar-refractivity contribution in [1.29, 1.82) is 0 Å². The lowest BCUT2D eigenvalue weighted by atomic mass is 10.1. The molecule has 0 aromatic heterocycles. The van der Waals surface area contributed by atoms with Crippen molar-refractivity contribution in [2.75, 3.05) is 45.9 Å². The highest BCUT2D eigenvalue weighted by Gasteiger charge is 2.19. The molecular weight excluding hydrogens is 194 g/mol. The fourth-order valence-corrected chi connectivity index (χ4v) is 1.99. The molecule has 86 valence electrons. The lowest BCUT2D eigenvalue weighted by Gasteiger charge is -2.15. The van der Waals surface area contributed by atoms with Gasteiger partial charge in [0.25, 0.3) is 0 Å². The van der Waals surface area contributed by atoms with Crippen molar-refractivity contribution in [3.8, 4) is 0 Å². The van der Waals surface area contributed by atoms with Crippen LogP contribution >= 0.6 is 0 Å². The van der Waals surface area contributed by atoms with Gasteiger partial charge in [0.2, 0.25) is 0 Å². The van der Waals surface area contributed by atoms with Crippen molar-refractivity contribution in [1.82, 2.24) is 15.5 Å². The van der Waals surface area contributed by atoms with Gasteiger partial charge < -0.3 is 20.3 Å². The van der Waals surface area contributed by atoms with E-state index in [0.29, 0.717) is 5.92 Å². The van der Waals surface area contributed by atoms with Gasteiger partial charge in [-0.3, -0.25) is 0 Å². The number of urea groups is 1. The molecule has 0 spiro atoms. The first-order chi connectivity index (χ1) is 7.36. The first-order valence-electron chi connectivity index (χ1n) is 5.67. The van der Waals surface area contributed by atoms with E-state index in [0.717, 1.165) is 52.4 Å². The summed E-state index contributed by atoms with van der Waals surface area (Å²) in [5.74, 6) is 0.664. The first kappa shape index (κ1) is 10.7. The van der Waals surface area contributed by atoms with Gasteiger partial charge in [-0.2, -0.15) is 0 Å². The quantitative estimate of drug-likeness (QED) is 0.613. The molecule has 0 radical (unpaired) electrons. The molecule has 0 bridgehead atoms. The Bertz CT molecular complexity index is 217. The predicted molar refractivity (Wildman–Crippen MR) is 56.8 cm³/mol. The van der Waals surface area contributed by atoms with Crippen LogP contribution in [0.15, 0.2) is 0 Å². The zero-order chi connectivity index (χ0) is 10.5. The van der Waals surface area contributed by atoms with E-state index in [1.807, 2.05) is 4.90 Å². The van der Waals surface area contributed by atoms with Gasteiger partial charge in [-0.25, -0.2) is 4.79 Å². The van der Waals surface area contributed by atoms with Gasteiger partial charge >= 0.3 is 6.03 Å². The summed E-state index contributed by atoms with van der Waals surface area (Å²) in [5, 5.41) is 6.16. The van der Waals surface area contributed by atoms with E-state index in [2.05, 4.69) is 10.6 Å². The molecule has 2 aliphatic heterocycles. The summed E-state index contributed by atoms with van der Waals surface area (Å²) in [7, 11) is 0. The molecular formula is C10H19N3O2. The van der Waals surface area contributed by atoms with Gasteiger partial charge in [-0.05, 0) is 12.3 Å². The summed E-state index contributed by atoms with van der Waals surface area (Å²) >= 11 is 0. The van der Waals surface area contributed by atoms with E-state index in [1.165, 1.54) is 0 Å². The molecule has 2 N–H and O–H groups in total. The molecule has 1 unspecified atom stereocenters. The largest absolute Gasteiger partial charge is 0.381 e. The lowest BCUT2D eigenvalue weighted by molar-refractivity contribution is 0.185. The monoisotopic (exact) mass is 213 g/mol. The summed E-state index contributed by atoms with van der Waals surface area (Å²) in [6.07, 6.45) is 1.16. The average molecular weight is 213 g/mol. The summed E-state index contributed by atoms with van der Waals surface area (Å²) in [4.78, 5) is 13.0. The lowest BCUT2D eigenvalue weighted by Crippen LogP contribution is -2.36. The summed E-state index contributed by atoms with van der Waals surface area (Å²) < 4.78 is 5.29. The maximum Gasteiger partial charge on any atom is 0.317 e. The number of rotatable bonds is 5. The second-order valence-corrected chi connectivity index (χ2v) is 4.15. The first-order valence-corrected chi connectivity index (χ1v) is 5.67. The Labute approximate surface area is 90.1 Å². The van der Waals surface area contributed by atoms with Crippen LogP contribution in [0.1, 0.15) is 6.42 Å². The number of nitrogens with one attached hydrogen (secondary N) is 2. The van der Waals surface area contributed by atoms with Crippen molar-refractivity contribution in [2.24, 2.45) is 5.92 Å². The maximum atomic E-state index is 11.2. The van der Waals surface area contributed by atoms with Gasteiger partial charge in [-0.15, -0.1) is 0 Å². The number of hydrogen-bond acceptors (Lipinski definition) is 3. The molecule has 5 nitrogen and oxygen atoms in total. The molecule has 2 fully saturated rings. The third-order valence-electron chi connectivity index (χ3n) is 2.96. The van der Waals surface area contributed by atoms with Crippen molar-refractivity contribution in [2.45, 2.75) is 6.42 Å². The molecule has 0 saturated carbocycles. The highest BCUT2D eigenvalue weighted by atomic mass is 16.5. The minimum Gasteiger partial charge on any atom is -0.381 e. The number of carbonyl (C=O) groups is 1. The van der Waals surface area contributed by atoms with Gasteiger partial charge in [0.15, 0.2) is 0 Å². The molecule has 2 rings (SSSR count). The van der Waals surface area contributed by atoms with E-state index in [-0.39, 0.29) is 6.03 Å². The normalized spacial score (nSPS) is 26.0. The van der Waals surface area contributed by atoms with Crippen LogP contribution in [0.2, 0.25) is 0 Å². The third kappa shape index (κ3) is 3.07. The van der Waals surface area contributed by atoms with Gasteiger partial charge in [0.05, 0.1) is 6.61 Å². The SMILES string of the molecule is O=C1NCCN1CCNCC1CCOC1. The Hall–Kier alpha value is -0.810. The summed E-state index contributed by atoms with van der Waals surface area (Å²) in [5.41, 5.74) is 0. The van der Waals surface area contributed by atoms with E-state index < -0.39 is 0 Å². The minimum absolute atomic E-state index is 0.0704. The van der Waals surface area contributed by atoms with Crippen molar-refractivity contribution < 1.29 is 9.53 Å². The number of ether oxygens (including phenoxy) is 1. The fraction of sp³-hybridized carbons (Fsp3) is 0.900. The van der Waals surface area contributed by atoms with Crippen LogP contribution in [-0.4, -0.2) is 56.9 Å². The molecule has 0 aliphatic carbocycles. The van der Waals surface area contributed by atoms with Crippen LogP contribution in [0.25, 0.3) is 0 Å². The Morgan fingerprint density at radius 2 is 2.53 bits per heavy atom. The van der Waals surface area contributed by atoms with Gasteiger partial charge in [-0.1, -0.05) is 0 Å². The number of hydrogen-bond donors (Lipinski definition) is 2. The second-order valence-electron chi connectivity index (χ2n) is 4.15. The fourth-order valence-electron chi connectivity index (χ4n) is 1.99. The smallest absolute Gasteiger partial charge is 0.317 e. The van der Waals surface area contributed by atoms with Crippen LogP contribution in [-0.2, 0) is 4.74 Å². The Kier molecular flexibility index (Phi) is 3.80. The molecule has 0 aromatic carbocycles. The summed E-state index contributed by atoms with van der Waals surface area (Å²) in [6, 6.07) is 0.0704. The standard InChI is InChI=1S/C10H19N3O2/c14-10-12-3-5-13(10)4-2-11-7-9-1-6-15-8-9/h9,11H,1-8H2,(H,12,14). The highest BCUT2D eigenvalue weighted by Crippen LogP contribution is 2.10. The molecule has 2 saturated heterocycles. The molecule has 5 heteroatoms. The number of amides is 2. The minimum atomic E-state index is 0.0704. The predicted octanol–water partition coefficient (Wildman–Crippen LogP) is -0.362. The summed E-state index contributed by atoms with van der Waals surface area (Å²) in [6.45, 7) is 6.11. The second kappa shape index (κ2) is 5.32. The molecule has 2 aliphatic rings. The van der Waals surface area contributed by atoms with Crippen LogP contribution in [0.4, 0.5) is 4.79 Å². The van der Waals surface area contributed by atoms with Crippen LogP contribution in [0, 0.1) is 5.92 Å². The maximum absolute atomic E-state index is 11.2. The number of carbonyl (C=O) groups excluding carboxylic acids is 1. The third-order valence-corrected chi connectivity index (χ3v) is 2.96. The van der Waals surface area contributed by atoms with Crippen molar-refractivity contribution in [3.63, 3.8) is 0 Å². The van der Waals surface area contributed by atoms with Crippen molar-refractivity contribution >= 4 is 6.03 Å². The van der Waals surface area contributed by atoms with Gasteiger partial charge in [0.1, 0.15) is 0 Å². The average Bonchev–Trinajstić information content (AvgIpc) is 2.85.